The number of rotatable bonds is 7. The molecule has 39 heavy (non-hydrogen) atoms. The molecule has 3 N–H and O–H groups in total. The average Bonchev–Trinajstić information content (AvgIpc) is 3.43. The topological polar surface area (TPSA) is 114 Å². The van der Waals surface area contributed by atoms with E-state index in [1.54, 1.807) is 4.90 Å². The summed E-state index contributed by atoms with van der Waals surface area (Å²) in [5, 5.41) is 2.79. The summed E-state index contributed by atoms with van der Waals surface area (Å²) in [5.74, 6) is -3.38. The van der Waals surface area contributed by atoms with Crippen molar-refractivity contribution in [3.05, 3.63) is 57.8 Å². The highest BCUT2D eigenvalue weighted by atomic mass is 32.1. The molecule has 4 rings (SSSR count). The SMILES string of the molecule is NC(=NC(=O)C(F)(F)F)c1ccc(C(=O)NCC2COCCN2C(=O)CC2(c3ccccc3)CCCCC2)s1. The molecule has 3 amide bonds. The third-order valence-corrected chi connectivity index (χ3v) is 8.39. The molecule has 1 unspecified atom stereocenters. The molecule has 210 valence electrons. The number of ether oxygens (including phenoxy) is 1. The van der Waals surface area contributed by atoms with Crippen molar-refractivity contribution in [3.63, 3.8) is 0 Å². The molecule has 2 aromatic rings. The van der Waals surface area contributed by atoms with Gasteiger partial charge in [0.2, 0.25) is 5.91 Å². The molecule has 1 aromatic carbocycles. The van der Waals surface area contributed by atoms with Gasteiger partial charge >= 0.3 is 12.1 Å². The van der Waals surface area contributed by atoms with Crippen molar-refractivity contribution in [2.45, 2.75) is 56.2 Å². The maximum atomic E-state index is 13.6. The lowest BCUT2D eigenvalue weighted by Gasteiger charge is -2.41. The zero-order valence-corrected chi connectivity index (χ0v) is 22.2. The maximum Gasteiger partial charge on any atom is 0.473 e. The summed E-state index contributed by atoms with van der Waals surface area (Å²) in [6, 6.07) is 12.5. The van der Waals surface area contributed by atoms with Gasteiger partial charge in [-0.05, 0) is 30.5 Å². The smallest absolute Gasteiger partial charge is 0.382 e. The van der Waals surface area contributed by atoms with Crippen molar-refractivity contribution >= 4 is 34.9 Å². The van der Waals surface area contributed by atoms with Crippen molar-refractivity contribution in [2.75, 3.05) is 26.3 Å². The van der Waals surface area contributed by atoms with Crippen LogP contribution in [0.3, 0.4) is 0 Å². The second-order valence-corrected chi connectivity index (χ2v) is 11.0. The van der Waals surface area contributed by atoms with E-state index in [2.05, 4.69) is 22.4 Å². The molecule has 1 atom stereocenters. The second kappa shape index (κ2) is 12.3. The van der Waals surface area contributed by atoms with E-state index < -0.39 is 23.8 Å². The number of thiophene rings is 1. The minimum atomic E-state index is -5.13. The number of nitrogens with two attached hydrogens (primary N) is 1. The summed E-state index contributed by atoms with van der Waals surface area (Å²) in [7, 11) is 0. The van der Waals surface area contributed by atoms with Gasteiger partial charge in [-0.1, -0.05) is 49.6 Å². The minimum absolute atomic E-state index is 0.0278. The Balaban J connectivity index is 1.40. The molecule has 12 heteroatoms. The first-order valence-corrected chi connectivity index (χ1v) is 13.7. The van der Waals surface area contributed by atoms with Gasteiger partial charge in [-0.15, -0.1) is 11.3 Å². The van der Waals surface area contributed by atoms with Crippen molar-refractivity contribution < 1.29 is 32.3 Å². The van der Waals surface area contributed by atoms with E-state index in [9.17, 15) is 27.6 Å². The number of amidine groups is 1. The molecule has 1 aromatic heterocycles. The Labute approximate surface area is 228 Å². The van der Waals surface area contributed by atoms with Crippen molar-refractivity contribution in [2.24, 2.45) is 10.7 Å². The summed E-state index contributed by atoms with van der Waals surface area (Å²) < 4.78 is 43.0. The van der Waals surface area contributed by atoms with Crippen molar-refractivity contribution in [1.82, 2.24) is 10.2 Å². The van der Waals surface area contributed by atoms with Crippen LogP contribution >= 0.6 is 11.3 Å². The molecule has 1 saturated carbocycles. The number of nitrogens with zero attached hydrogens (tertiary/aromatic N) is 2. The molecule has 2 fully saturated rings. The standard InChI is InChI=1S/C27H31F3N4O4S/c28-27(29,30)25(37)33-23(31)20-9-10-21(39-20)24(36)32-16-19-17-38-14-13-34(19)22(35)15-26(11-5-2-6-12-26)18-7-3-1-4-8-18/h1,3-4,7-10,19H,2,5-6,11-17H2,(H,32,36)(H2,31,33,37). The molecule has 8 nitrogen and oxygen atoms in total. The number of hydrogen-bond donors (Lipinski definition) is 2. The van der Waals surface area contributed by atoms with Gasteiger partial charge in [-0.2, -0.15) is 18.2 Å². The van der Waals surface area contributed by atoms with Crippen LogP contribution in [-0.2, 0) is 19.7 Å². The zero-order chi connectivity index (χ0) is 28.0. The Hall–Kier alpha value is -3.25. The maximum absolute atomic E-state index is 13.6. The first-order chi connectivity index (χ1) is 18.6. The van der Waals surface area contributed by atoms with Crippen LogP contribution in [0.1, 0.15) is 58.6 Å². The quantitative estimate of drug-likeness (QED) is 0.392. The lowest BCUT2D eigenvalue weighted by Crippen LogP contribution is -2.54. The van der Waals surface area contributed by atoms with Gasteiger partial charge < -0.3 is 20.7 Å². The Morgan fingerprint density at radius 1 is 1.08 bits per heavy atom. The van der Waals surface area contributed by atoms with Crippen molar-refractivity contribution in [1.29, 1.82) is 0 Å². The number of benzene rings is 1. The van der Waals surface area contributed by atoms with Crippen molar-refractivity contribution in [3.8, 4) is 0 Å². The molecule has 1 saturated heterocycles. The first-order valence-electron chi connectivity index (χ1n) is 12.9. The fourth-order valence-electron chi connectivity index (χ4n) is 5.25. The molecular weight excluding hydrogens is 533 g/mol. The Morgan fingerprint density at radius 3 is 2.46 bits per heavy atom. The number of halogens is 3. The molecular formula is C27H31F3N4O4S. The largest absolute Gasteiger partial charge is 0.473 e. The third kappa shape index (κ3) is 7.04. The van der Waals surface area contributed by atoms with Gasteiger partial charge in [-0.25, -0.2) is 0 Å². The molecule has 1 aliphatic carbocycles. The Morgan fingerprint density at radius 2 is 1.77 bits per heavy atom. The van der Waals surface area contributed by atoms with E-state index >= 15 is 0 Å². The lowest BCUT2D eigenvalue weighted by molar-refractivity contribution is -0.169. The summed E-state index contributed by atoms with van der Waals surface area (Å²) in [6.45, 7) is 1.26. The van der Waals surface area contributed by atoms with Crippen LogP contribution in [0.2, 0.25) is 0 Å². The number of nitrogens with one attached hydrogen (secondary N) is 1. The number of hydrogen-bond acceptors (Lipinski definition) is 5. The van der Waals surface area contributed by atoms with E-state index in [-0.39, 0.29) is 40.3 Å². The number of carbonyl (C=O) groups excluding carboxylic acids is 3. The van der Waals surface area contributed by atoms with Crippen LogP contribution in [0.5, 0.6) is 0 Å². The molecule has 0 spiro atoms. The van der Waals surface area contributed by atoms with Gasteiger partial charge in [-0.3, -0.25) is 14.4 Å². The molecule has 0 bridgehead atoms. The Kier molecular flexibility index (Phi) is 9.06. The van der Waals surface area contributed by atoms with Crippen LogP contribution in [0.4, 0.5) is 13.2 Å². The summed E-state index contributed by atoms with van der Waals surface area (Å²) in [5.41, 5.74) is 6.51. The second-order valence-electron chi connectivity index (χ2n) is 9.87. The van der Waals surface area contributed by atoms with Gasteiger partial charge in [0.1, 0.15) is 5.84 Å². The van der Waals surface area contributed by atoms with E-state index in [4.69, 9.17) is 10.5 Å². The molecule has 0 radical (unpaired) electrons. The van der Waals surface area contributed by atoms with Crippen LogP contribution in [0.15, 0.2) is 47.5 Å². The van der Waals surface area contributed by atoms with E-state index in [0.717, 1.165) is 43.4 Å². The summed E-state index contributed by atoms with van der Waals surface area (Å²) >= 11 is 0.817. The van der Waals surface area contributed by atoms with Gasteiger partial charge in [0.25, 0.3) is 5.91 Å². The predicted molar refractivity (Wildman–Crippen MR) is 141 cm³/mol. The van der Waals surface area contributed by atoms with Gasteiger partial charge in [0.15, 0.2) is 0 Å². The highest BCUT2D eigenvalue weighted by Crippen LogP contribution is 2.42. The van der Waals surface area contributed by atoms with E-state index in [0.29, 0.717) is 19.6 Å². The number of amides is 3. The zero-order valence-electron chi connectivity index (χ0n) is 21.3. The molecule has 2 aliphatic rings. The van der Waals surface area contributed by atoms with Gasteiger partial charge in [0.05, 0.1) is 29.0 Å². The minimum Gasteiger partial charge on any atom is -0.382 e. The Bertz CT molecular complexity index is 1210. The fourth-order valence-corrected chi connectivity index (χ4v) is 6.08. The van der Waals surface area contributed by atoms with E-state index in [1.165, 1.54) is 17.7 Å². The number of morpholine rings is 1. The van der Waals surface area contributed by atoms with Crippen LogP contribution in [0.25, 0.3) is 0 Å². The summed E-state index contributed by atoms with van der Waals surface area (Å²) in [4.78, 5) is 42.4. The van der Waals surface area contributed by atoms with E-state index in [1.807, 2.05) is 18.2 Å². The fraction of sp³-hybridized carbons (Fsp3) is 0.481. The lowest BCUT2D eigenvalue weighted by atomic mass is 9.67. The summed E-state index contributed by atoms with van der Waals surface area (Å²) in [6.07, 6.45) is 0.485. The predicted octanol–water partition coefficient (Wildman–Crippen LogP) is 3.79. The third-order valence-electron chi connectivity index (χ3n) is 7.28. The number of aliphatic imine (C=N–C) groups is 1. The average molecular weight is 565 g/mol. The monoisotopic (exact) mass is 564 g/mol. The first kappa shape index (κ1) is 28.8. The van der Waals surface area contributed by atoms with Crippen LogP contribution in [0, 0.1) is 0 Å². The molecule has 1 aliphatic heterocycles. The number of carbonyl (C=O) groups is 3. The number of alkyl halides is 3. The van der Waals surface area contributed by atoms with Crippen LogP contribution < -0.4 is 11.1 Å². The van der Waals surface area contributed by atoms with Gasteiger partial charge in [0, 0.05) is 24.9 Å². The normalized spacial score (nSPS) is 19.9. The highest BCUT2D eigenvalue weighted by Gasteiger charge is 2.40. The van der Waals surface area contributed by atoms with Crippen LogP contribution in [-0.4, -0.2) is 67.0 Å². The highest BCUT2D eigenvalue weighted by molar-refractivity contribution is 7.16. The molecule has 2 heterocycles.